The lowest BCUT2D eigenvalue weighted by Gasteiger charge is -2.07. The van der Waals surface area contributed by atoms with E-state index >= 15 is 0 Å². The number of rotatable bonds is 6. The van der Waals surface area contributed by atoms with E-state index in [0.29, 0.717) is 12.3 Å². The van der Waals surface area contributed by atoms with Gasteiger partial charge in [0.2, 0.25) is 0 Å². The normalized spacial score (nSPS) is 11.1. The van der Waals surface area contributed by atoms with Crippen molar-refractivity contribution in [2.24, 2.45) is 10.9 Å². The van der Waals surface area contributed by atoms with E-state index in [0.717, 1.165) is 5.75 Å². The van der Waals surface area contributed by atoms with Gasteiger partial charge in [-0.1, -0.05) is 23.4 Å². The van der Waals surface area contributed by atoms with Gasteiger partial charge in [0, 0.05) is 6.20 Å². The molecule has 0 saturated heterocycles. The molecule has 0 atom stereocenters. The first-order valence-corrected chi connectivity index (χ1v) is 5.91. The number of benzene rings is 1. The highest BCUT2D eigenvalue weighted by atomic mass is 16.5. The third kappa shape index (κ3) is 3.84. The Labute approximate surface area is 115 Å². The van der Waals surface area contributed by atoms with Crippen molar-refractivity contribution in [2.75, 3.05) is 13.2 Å². The first-order chi connectivity index (χ1) is 9.79. The maximum atomic E-state index is 8.56. The van der Waals surface area contributed by atoms with Crippen LogP contribution in [0.3, 0.4) is 0 Å². The van der Waals surface area contributed by atoms with Gasteiger partial charge in [0.25, 0.3) is 0 Å². The van der Waals surface area contributed by atoms with Gasteiger partial charge >= 0.3 is 6.01 Å². The zero-order chi connectivity index (χ0) is 14.2. The van der Waals surface area contributed by atoms with Gasteiger partial charge in [0.15, 0.2) is 5.84 Å². The van der Waals surface area contributed by atoms with Gasteiger partial charge in [-0.25, -0.2) is 4.98 Å². The summed E-state index contributed by atoms with van der Waals surface area (Å²) in [4.78, 5) is 7.90. The van der Waals surface area contributed by atoms with E-state index in [1.807, 2.05) is 30.3 Å². The second kappa shape index (κ2) is 6.93. The predicted molar refractivity (Wildman–Crippen MR) is 72.0 cm³/mol. The van der Waals surface area contributed by atoms with E-state index in [1.54, 1.807) is 0 Å². The molecular weight excluding hydrogens is 260 g/mol. The van der Waals surface area contributed by atoms with Crippen LogP contribution < -0.4 is 15.2 Å². The molecule has 0 radical (unpaired) electrons. The molecule has 3 N–H and O–H groups in total. The zero-order valence-corrected chi connectivity index (χ0v) is 10.6. The fraction of sp³-hybridized carbons (Fsp3) is 0.154. The molecule has 0 unspecified atom stereocenters. The monoisotopic (exact) mass is 274 g/mol. The topological polar surface area (TPSA) is 103 Å². The summed E-state index contributed by atoms with van der Waals surface area (Å²) in [6.45, 7) is 0.649. The van der Waals surface area contributed by atoms with Crippen LogP contribution in [-0.4, -0.2) is 34.2 Å². The standard InChI is InChI=1S/C13H14N4O3/c14-12(17-18)11-6-7-15-13(16-11)20-9-8-19-10-4-2-1-3-5-10/h1-7,18H,8-9H2,(H2,14,17). The number of amidine groups is 1. The van der Waals surface area contributed by atoms with E-state index in [9.17, 15) is 0 Å². The van der Waals surface area contributed by atoms with Crippen molar-refractivity contribution in [2.45, 2.75) is 0 Å². The number of nitrogens with two attached hydrogens (primary N) is 1. The van der Waals surface area contributed by atoms with Gasteiger partial charge in [-0.15, -0.1) is 0 Å². The van der Waals surface area contributed by atoms with Gasteiger partial charge in [0.05, 0.1) is 0 Å². The Morgan fingerprint density at radius 1 is 1.15 bits per heavy atom. The molecule has 0 spiro atoms. The van der Waals surface area contributed by atoms with E-state index in [-0.39, 0.29) is 18.5 Å². The molecule has 1 aromatic heterocycles. The van der Waals surface area contributed by atoms with Crippen molar-refractivity contribution < 1.29 is 14.7 Å². The number of ether oxygens (including phenoxy) is 2. The van der Waals surface area contributed by atoms with Crippen molar-refractivity contribution in [3.05, 3.63) is 48.3 Å². The quantitative estimate of drug-likeness (QED) is 0.268. The molecule has 104 valence electrons. The minimum absolute atomic E-state index is 0.0993. The number of hydrogen-bond donors (Lipinski definition) is 2. The smallest absolute Gasteiger partial charge is 0.317 e. The molecule has 0 aliphatic rings. The summed E-state index contributed by atoms with van der Waals surface area (Å²) in [7, 11) is 0. The highest BCUT2D eigenvalue weighted by molar-refractivity contribution is 5.95. The van der Waals surface area contributed by atoms with Crippen LogP contribution in [0.1, 0.15) is 5.69 Å². The molecule has 7 heteroatoms. The van der Waals surface area contributed by atoms with E-state index in [4.69, 9.17) is 20.4 Å². The second-order valence-electron chi connectivity index (χ2n) is 3.72. The van der Waals surface area contributed by atoms with Crippen molar-refractivity contribution >= 4 is 5.84 Å². The molecule has 20 heavy (non-hydrogen) atoms. The zero-order valence-electron chi connectivity index (χ0n) is 10.6. The Kier molecular flexibility index (Phi) is 4.71. The first kappa shape index (κ1) is 13.6. The average molecular weight is 274 g/mol. The lowest BCUT2D eigenvalue weighted by molar-refractivity contribution is 0.206. The van der Waals surface area contributed by atoms with E-state index in [2.05, 4.69) is 15.1 Å². The summed E-state index contributed by atoms with van der Waals surface area (Å²) < 4.78 is 10.8. The fourth-order valence-electron chi connectivity index (χ4n) is 1.41. The molecule has 0 fully saturated rings. The number of oxime groups is 1. The van der Waals surface area contributed by atoms with Crippen molar-refractivity contribution in [1.29, 1.82) is 0 Å². The Hall–Kier alpha value is -2.83. The molecule has 1 heterocycles. The Morgan fingerprint density at radius 3 is 2.65 bits per heavy atom. The highest BCUT2D eigenvalue weighted by Gasteiger charge is 2.04. The van der Waals surface area contributed by atoms with Crippen molar-refractivity contribution in [1.82, 2.24) is 9.97 Å². The maximum Gasteiger partial charge on any atom is 0.317 e. The number of para-hydroxylation sites is 1. The number of aromatic nitrogens is 2. The average Bonchev–Trinajstić information content (AvgIpc) is 2.52. The number of nitrogens with zero attached hydrogens (tertiary/aromatic N) is 3. The van der Waals surface area contributed by atoms with Crippen LogP contribution in [0.2, 0.25) is 0 Å². The minimum Gasteiger partial charge on any atom is -0.490 e. The van der Waals surface area contributed by atoms with Gasteiger partial charge < -0.3 is 20.4 Å². The highest BCUT2D eigenvalue weighted by Crippen LogP contribution is 2.08. The third-order valence-electron chi connectivity index (χ3n) is 2.33. The third-order valence-corrected chi connectivity index (χ3v) is 2.33. The molecule has 2 aromatic rings. The van der Waals surface area contributed by atoms with Crippen LogP contribution in [0.15, 0.2) is 47.8 Å². The van der Waals surface area contributed by atoms with Gasteiger partial charge in [-0.3, -0.25) is 0 Å². The van der Waals surface area contributed by atoms with Gasteiger partial charge in [-0.2, -0.15) is 4.98 Å². The molecule has 0 amide bonds. The molecule has 0 saturated carbocycles. The minimum atomic E-state index is -0.0993. The van der Waals surface area contributed by atoms with Crippen LogP contribution in [-0.2, 0) is 0 Å². The lowest BCUT2D eigenvalue weighted by Crippen LogP contribution is -2.16. The summed E-state index contributed by atoms with van der Waals surface area (Å²) in [5, 5.41) is 11.4. The molecule has 1 aromatic carbocycles. The van der Waals surface area contributed by atoms with E-state index in [1.165, 1.54) is 12.3 Å². The van der Waals surface area contributed by atoms with Crippen LogP contribution in [0.4, 0.5) is 0 Å². The summed E-state index contributed by atoms with van der Waals surface area (Å²) in [5.41, 5.74) is 5.72. The summed E-state index contributed by atoms with van der Waals surface area (Å²) in [5.74, 6) is 0.667. The first-order valence-electron chi connectivity index (χ1n) is 5.91. The molecular formula is C13H14N4O3. The Balaban J connectivity index is 1.82. The van der Waals surface area contributed by atoms with Gasteiger partial charge in [0.1, 0.15) is 24.7 Å². The molecule has 0 aliphatic heterocycles. The van der Waals surface area contributed by atoms with Gasteiger partial charge in [-0.05, 0) is 18.2 Å². The number of hydrogen-bond acceptors (Lipinski definition) is 6. The molecule has 2 rings (SSSR count). The summed E-state index contributed by atoms with van der Waals surface area (Å²) >= 11 is 0. The summed E-state index contributed by atoms with van der Waals surface area (Å²) in [6, 6.07) is 11.1. The van der Waals surface area contributed by atoms with Crippen molar-refractivity contribution in [3.8, 4) is 11.8 Å². The largest absolute Gasteiger partial charge is 0.490 e. The van der Waals surface area contributed by atoms with Crippen LogP contribution in [0.25, 0.3) is 0 Å². The maximum absolute atomic E-state index is 8.56. The van der Waals surface area contributed by atoms with E-state index < -0.39 is 0 Å². The van der Waals surface area contributed by atoms with Crippen molar-refractivity contribution in [3.63, 3.8) is 0 Å². The van der Waals surface area contributed by atoms with Crippen LogP contribution in [0.5, 0.6) is 11.8 Å². The molecule has 7 nitrogen and oxygen atoms in total. The second-order valence-corrected chi connectivity index (χ2v) is 3.72. The molecule has 0 aliphatic carbocycles. The lowest BCUT2D eigenvalue weighted by atomic mass is 10.3. The SMILES string of the molecule is N/C(=N/O)c1ccnc(OCCOc2ccccc2)n1. The molecule has 0 bridgehead atoms. The summed E-state index contributed by atoms with van der Waals surface area (Å²) in [6.07, 6.45) is 1.47. The van der Waals surface area contributed by atoms with Crippen LogP contribution in [0, 0.1) is 0 Å². The predicted octanol–water partition coefficient (Wildman–Crippen LogP) is 1.03. The Bertz CT molecular complexity index is 575. The van der Waals surface area contributed by atoms with Crippen LogP contribution >= 0.6 is 0 Å². The Morgan fingerprint density at radius 2 is 1.90 bits per heavy atom. The fourth-order valence-corrected chi connectivity index (χ4v) is 1.41.